The number of carboxylic acid groups (broad SMARTS) is 1. The average molecular weight is 510 g/mol. The molecule has 0 atom stereocenters. The molecule has 9 heteroatoms. The number of carbonyl (C=O) groups excluding carboxylic acids is 2. The number of rotatable bonds is 6. The van der Waals surface area contributed by atoms with Crippen molar-refractivity contribution in [1.82, 2.24) is 4.90 Å². The molecule has 0 unspecified atom stereocenters. The molecular formula is C28H35N3O6. The molecule has 0 aliphatic carbocycles. The van der Waals surface area contributed by atoms with Gasteiger partial charge in [-0.3, -0.25) is 4.79 Å². The van der Waals surface area contributed by atoms with Gasteiger partial charge >= 0.3 is 12.1 Å². The molecule has 2 N–H and O–H groups in total. The summed E-state index contributed by atoms with van der Waals surface area (Å²) in [5.41, 5.74) is 1.00. The highest BCUT2D eigenvalue weighted by atomic mass is 16.6. The molecule has 198 valence electrons. The fourth-order valence-corrected chi connectivity index (χ4v) is 4.60. The molecule has 2 saturated heterocycles. The van der Waals surface area contributed by atoms with E-state index >= 15 is 0 Å². The number of piperidine rings is 1. The van der Waals surface area contributed by atoms with Crippen LogP contribution in [0, 0.1) is 0 Å². The van der Waals surface area contributed by atoms with Crippen LogP contribution in [0.25, 0.3) is 0 Å². The zero-order valence-electron chi connectivity index (χ0n) is 21.7. The van der Waals surface area contributed by atoms with Gasteiger partial charge in [-0.2, -0.15) is 0 Å². The number of aromatic carboxylic acids is 1. The molecule has 2 aliphatic rings. The van der Waals surface area contributed by atoms with E-state index in [4.69, 9.17) is 9.47 Å². The third-order valence-electron chi connectivity index (χ3n) is 6.47. The number of hydrogen-bond acceptors (Lipinski definition) is 6. The van der Waals surface area contributed by atoms with Crippen molar-refractivity contribution in [3.63, 3.8) is 0 Å². The first-order valence-electron chi connectivity index (χ1n) is 12.8. The summed E-state index contributed by atoms with van der Waals surface area (Å²) in [6, 6.07) is 11.8. The van der Waals surface area contributed by atoms with Gasteiger partial charge in [0.25, 0.3) is 5.91 Å². The Labute approximate surface area is 217 Å². The van der Waals surface area contributed by atoms with Gasteiger partial charge in [-0.25, -0.2) is 9.59 Å². The third-order valence-corrected chi connectivity index (χ3v) is 6.47. The lowest BCUT2D eigenvalue weighted by Gasteiger charge is -2.34. The fraction of sp³-hybridized carbons (Fsp3) is 0.464. The standard InChI is InChI=1S/C28H35N3O6/c1-28(2,3)37-27(35)31-16-12-20(13-17-31)36-24-18-19(30-14-6-7-15-30)10-11-22(24)25(32)29-23-9-5-4-8-21(23)26(33)34/h4-5,8-11,18,20H,6-7,12-17H2,1-3H3,(H,29,32)(H,33,34). The number of hydrogen-bond donors (Lipinski definition) is 2. The number of benzene rings is 2. The molecule has 0 radical (unpaired) electrons. The predicted molar refractivity (Wildman–Crippen MR) is 141 cm³/mol. The number of para-hydroxylation sites is 1. The molecule has 9 nitrogen and oxygen atoms in total. The highest BCUT2D eigenvalue weighted by molar-refractivity contribution is 6.09. The van der Waals surface area contributed by atoms with Crippen molar-refractivity contribution in [1.29, 1.82) is 0 Å². The van der Waals surface area contributed by atoms with E-state index in [0.29, 0.717) is 37.2 Å². The Balaban J connectivity index is 1.51. The Morgan fingerprint density at radius 3 is 2.27 bits per heavy atom. The number of carboxylic acids is 1. The summed E-state index contributed by atoms with van der Waals surface area (Å²) in [6.07, 6.45) is 2.94. The monoisotopic (exact) mass is 509 g/mol. The van der Waals surface area contributed by atoms with E-state index in [9.17, 15) is 19.5 Å². The van der Waals surface area contributed by atoms with Gasteiger partial charge in [0, 0.05) is 50.8 Å². The summed E-state index contributed by atoms with van der Waals surface area (Å²) >= 11 is 0. The topological polar surface area (TPSA) is 108 Å². The molecule has 2 aromatic rings. The van der Waals surface area contributed by atoms with E-state index in [-0.39, 0.29) is 23.4 Å². The normalized spacial score (nSPS) is 16.4. The highest BCUT2D eigenvalue weighted by Crippen LogP contribution is 2.31. The molecule has 37 heavy (non-hydrogen) atoms. The molecule has 2 aliphatic heterocycles. The molecule has 2 amide bonds. The summed E-state index contributed by atoms with van der Waals surface area (Å²) in [4.78, 5) is 41.3. The van der Waals surface area contributed by atoms with Gasteiger partial charge in [0.2, 0.25) is 0 Å². The summed E-state index contributed by atoms with van der Waals surface area (Å²) in [5, 5.41) is 12.2. The van der Waals surface area contributed by atoms with Crippen LogP contribution in [0.4, 0.5) is 16.2 Å². The minimum atomic E-state index is -1.12. The van der Waals surface area contributed by atoms with E-state index in [1.54, 1.807) is 29.2 Å². The minimum Gasteiger partial charge on any atom is -0.489 e. The van der Waals surface area contributed by atoms with Gasteiger partial charge in [-0.15, -0.1) is 0 Å². The molecule has 2 heterocycles. The van der Waals surface area contributed by atoms with Crippen molar-refractivity contribution in [3.05, 3.63) is 53.6 Å². The summed E-state index contributed by atoms with van der Waals surface area (Å²) < 4.78 is 11.9. The molecule has 2 fully saturated rings. The Morgan fingerprint density at radius 1 is 0.946 bits per heavy atom. The molecule has 0 spiro atoms. The van der Waals surface area contributed by atoms with Crippen LogP contribution in [-0.2, 0) is 4.74 Å². The lowest BCUT2D eigenvalue weighted by Crippen LogP contribution is -2.44. The first-order chi connectivity index (χ1) is 17.6. The van der Waals surface area contributed by atoms with Crippen LogP contribution >= 0.6 is 0 Å². The van der Waals surface area contributed by atoms with Gasteiger partial charge in [0.15, 0.2) is 0 Å². The Kier molecular flexibility index (Phi) is 7.90. The zero-order valence-corrected chi connectivity index (χ0v) is 21.7. The minimum absolute atomic E-state index is 0.0153. The Bertz CT molecular complexity index is 1140. The lowest BCUT2D eigenvalue weighted by atomic mass is 10.1. The van der Waals surface area contributed by atoms with Gasteiger partial charge < -0.3 is 29.7 Å². The number of nitrogens with one attached hydrogen (secondary N) is 1. The maximum atomic E-state index is 13.3. The van der Waals surface area contributed by atoms with Crippen LogP contribution in [0.5, 0.6) is 5.75 Å². The van der Waals surface area contributed by atoms with Gasteiger partial charge in [0.1, 0.15) is 17.5 Å². The first-order valence-corrected chi connectivity index (χ1v) is 12.8. The molecule has 4 rings (SSSR count). The van der Waals surface area contributed by atoms with Crippen molar-refractivity contribution >= 4 is 29.3 Å². The van der Waals surface area contributed by atoms with Crippen molar-refractivity contribution < 1.29 is 29.0 Å². The van der Waals surface area contributed by atoms with Crippen LogP contribution in [0.1, 0.15) is 67.2 Å². The van der Waals surface area contributed by atoms with Crippen LogP contribution in [0.15, 0.2) is 42.5 Å². The van der Waals surface area contributed by atoms with Gasteiger partial charge in [-0.1, -0.05) is 12.1 Å². The second-order valence-corrected chi connectivity index (χ2v) is 10.5. The molecule has 2 aromatic carbocycles. The quantitative estimate of drug-likeness (QED) is 0.563. The fourth-order valence-electron chi connectivity index (χ4n) is 4.60. The average Bonchev–Trinajstić information content (AvgIpc) is 3.39. The van der Waals surface area contributed by atoms with Crippen molar-refractivity contribution in [2.75, 3.05) is 36.4 Å². The summed E-state index contributed by atoms with van der Waals surface area (Å²) in [6.45, 7) is 8.43. The second kappa shape index (κ2) is 11.1. The molecule has 0 saturated carbocycles. The summed E-state index contributed by atoms with van der Waals surface area (Å²) in [5.74, 6) is -1.11. The Hall–Kier alpha value is -3.75. The number of nitrogens with zero attached hydrogens (tertiary/aromatic N) is 2. The van der Waals surface area contributed by atoms with Crippen LogP contribution in [-0.4, -0.2) is 65.9 Å². The van der Waals surface area contributed by atoms with Gasteiger partial charge in [-0.05, 0) is 57.9 Å². The first kappa shape index (κ1) is 26.3. The molecule has 0 aromatic heterocycles. The smallest absolute Gasteiger partial charge is 0.410 e. The molecule has 0 bridgehead atoms. The SMILES string of the molecule is CC(C)(C)OC(=O)N1CCC(Oc2cc(N3CCCC3)ccc2C(=O)Nc2ccccc2C(=O)O)CC1. The van der Waals surface area contributed by atoms with E-state index in [1.165, 1.54) is 6.07 Å². The Morgan fingerprint density at radius 2 is 1.62 bits per heavy atom. The number of carbonyl (C=O) groups is 3. The number of likely N-dealkylation sites (tertiary alicyclic amines) is 1. The maximum absolute atomic E-state index is 13.3. The van der Waals surface area contributed by atoms with Crippen LogP contribution < -0.4 is 15.0 Å². The number of ether oxygens (including phenoxy) is 2. The number of amides is 2. The molecular weight excluding hydrogens is 474 g/mol. The van der Waals surface area contributed by atoms with Crippen LogP contribution in [0.3, 0.4) is 0 Å². The third kappa shape index (κ3) is 6.72. The second-order valence-electron chi connectivity index (χ2n) is 10.5. The van der Waals surface area contributed by atoms with Gasteiger partial charge in [0.05, 0.1) is 16.8 Å². The van der Waals surface area contributed by atoms with E-state index in [2.05, 4.69) is 10.2 Å². The van der Waals surface area contributed by atoms with E-state index in [1.807, 2.05) is 32.9 Å². The highest BCUT2D eigenvalue weighted by Gasteiger charge is 2.29. The maximum Gasteiger partial charge on any atom is 0.410 e. The van der Waals surface area contributed by atoms with Crippen molar-refractivity contribution in [2.24, 2.45) is 0 Å². The van der Waals surface area contributed by atoms with Crippen molar-refractivity contribution in [2.45, 2.75) is 58.2 Å². The zero-order chi connectivity index (χ0) is 26.6. The van der Waals surface area contributed by atoms with Crippen molar-refractivity contribution in [3.8, 4) is 5.75 Å². The lowest BCUT2D eigenvalue weighted by molar-refractivity contribution is 0.0126. The summed E-state index contributed by atoms with van der Waals surface area (Å²) in [7, 11) is 0. The number of anilines is 2. The van der Waals surface area contributed by atoms with E-state index < -0.39 is 17.5 Å². The van der Waals surface area contributed by atoms with E-state index in [0.717, 1.165) is 31.6 Å². The van der Waals surface area contributed by atoms with Crippen LogP contribution in [0.2, 0.25) is 0 Å². The predicted octanol–water partition coefficient (Wildman–Crippen LogP) is 5.02. The largest absolute Gasteiger partial charge is 0.489 e.